The highest BCUT2D eigenvalue weighted by atomic mass is 32.1. The van der Waals surface area contributed by atoms with Crippen molar-refractivity contribution in [2.24, 2.45) is 5.92 Å². The topological polar surface area (TPSA) is 102 Å². The number of nitrogens with one attached hydrogen (secondary N) is 1. The summed E-state index contributed by atoms with van der Waals surface area (Å²) in [6, 6.07) is 12.1. The number of carbonyl (C=O) groups excluding carboxylic acids is 1. The third kappa shape index (κ3) is 5.05. The molecule has 0 aromatic carbocycles. The molecular formula is C27H30N8OS. The number of anilines is 1. The zero-order valence-electron chi connectivity index (χ0n) is 21.3. The van der Waals surface area contributed by atoms with Crippen molar-refractivity contribution < 1.29 is 4.79 Å². The smallest absolute Gasteiger partial charge is 0.251 e. The molecule has 0 aliphatic carbocycles. The van der Waals surface area contributed by atoms with Crippen molar-refractivity contribution in [1.82, 2.24) is 29.8 Å². The molecule has 4 aromatic rings. The minimum atomic E-state index is -0.148. The molecule has 1 saturated heterocycles. The summed E-state index contributed by atoms with van der Waals surface area (Å²) in [5.41, 5.74) is 3.45. The summed E-state index contributed by atoms with van der Waals surface area (Å²) >= 11 is 1.63. The van der Waals surface area contributed by atoms with Crippen LogP contribution >= 0.6 is 11.3 Å². The van der Waals surface area contributed by atoms with Crippen molar-refractivity contribution in [2.45, 2.75) is 26.8 Å². The Morgan fingerprint density at radius 3 is 2.76 bits per heavy atom. The van der Waals surface area contributed by atoms with Gasteiger partial charge in [0.05, 0.1) is 40.0 Å². The van der Waals surface area contributed by atoms with Crippen LogP contribution in [0.1, 0.15) is 31.1 Å². The zero-order valence-corrected chi connectivity index (χ0v) is 22.1. The van der Waals surface area contributed by atoms with E-state index < -0.39 is 0 Å². The summed E-state index contributed by atoms with van der Waals surface area (Å²) in [5, 5.41) is 18.8. The molecule has 9 nitrogen and oxygen atoms in total. The highest BCUT2D eigenvalue weighted by Crippen LogP contribution is 2.30. The lowest BCUT2D eigenvalue weighted by atomic mass is 10.0. The number of amides is 1. The minimum absolute atomic E-state index is 0.0235. The molecule has 1 aliphatic rings. The molecule has 0 saturated carbocycles. The van der Waals surface area contributed by atoms with Gasteiger partial charge in [-0.25, -0.2) is 14.5 Å². The SMILES string of the molecule is CCN(CC)[C@@H](C)CNC(=O)c1cc(-c2cnn3ccc(-c4cccs4)nc23)nc(N2CC(C#N)C2)c1. The van der Waals surface area contributed by atoms with E-state index in [1.807, 2.05) is 40.7 Å². The average molecular weight is 515 g/mol. The van der Waals surface area contributed by atoms with Gasteiger partial charge >= 0.3 is 0 Å². The fourth-order valence-electron chi connectivity index (χ4n) is 4.62. The van der Waals surface area contributed by atoms with Crippen molar-refractivity contribution in [3.8, 4) is 27.9 Å². The average Bonchev–Trinajstić information content (AvgIpc) is 3.57. The number of nitriles is 1. The first-order chi connectivity index (χ1) is 18.0. The Balaban J connectivity index is 1.49. The Hall–Kier alpha value is -3.81. The summed E-state index contributed by atoms with van der Waals surface area (Å²) in [4.78, 5) is 28.4. The Morgan fingerprint density at radius 1 is 1.24 bits per heavy atom. The maximum Gasteiger partial charge on any atom is 0.251 e. The zero-order chi connectivity index (χ0) is 25.9. The van der Waals surface area contributed by atoms with Gasteiger partial charge in [-0.15, -0.1) is 11.3 Å². The van der Waals surface area contributed by atoms with Crippen LogP contribution in [-0.4, -0.2) is 69.2 Å². The molecule has 0 bridgehead atoms. The van der Waals surface area contributed by atoms with Crippen LogP contribution in [0, 0.1) is 17.2 Å². The number of fused-ring (bicyclic) bond motifs is 1. The van der Waals surface area contributed by atoms with E-state index in [4.69, 9.17) is 9.97 Å². The van der Waals surface area contributed by atoms with Gasteiger partial charge in [0.1, 0.15) is 5.82 Å². The number of carbonyl (C=O) groups is 1. The molecule has 1 aliphatic heterocycles. The summed E-state index contributed by atoms with van der Waals surface area (Å²) < 4.78 is 1.72. The molecule has 37 heavy (non-hydrogen) atoms. The van der Waals surface area contributed by atoms with E-state index in [0.717, 1.165) is 29.2 Å². The van der Waals surface area contributed by atoms with Crippen molar-refractivity contribution >= 4 is 28.7 Å². The maximum atomic E-state index is 13.3. The third-order valence-electron chi connectivity index (χ3n) is 6.87. The van der Waals surface area contributed by atoms with Crippen LogP contribution in [0.2, 0.25) is 0 Å². The number of rotatable bonds is 9. The Labute approximate surface area is 220 Å². The summed E-state index contributed by atoms with van der Waals surface area (Å²) in [7, 11) is 0. The Kier molecular flexibility index (Phi) is 7.17. The minimum Gasteiger partial charge on any atom is -0.354 e. The van der Waals surface area contributed by atoms with Crippen LogP contribution in [0.3, 0.4) is 0 Å². The van der Waals surface area contributed by atoms with E-state index in [0.29, 0.717) is 42.4 Å². The second-order valence-corrected chi connectivity index (χ2v) is 10.2. The number of hydrogen-bond acceptors (Lipinski definition) is 8. The molecule has 0 unspecified atom stereocenters. The monoisotopic (exact) mass is 514 g/mol. The van der Waals surface area contributed by atoms with E-state index in [2.05, 4.69) is 42.2 Å². The van der Waals surface area contributed by atoms with Gasteiger partial charge in [0.2, 0.25) is 0 Å². The molecule has 1 N–H and O–H groups in total. The van der Waals surface area contributed by atoms with Crippen LogP contribution < -0.4 is 10.2 Å². The molecule has 5 heterocycles. The second-order valence-electron chi connectivity index (χ2n) is 9.23. The molecular weight excluding hydrogens is 484 g/mol. The van der Waals surface area contributed by atoms with Crippen LogP contribution in [-0.2, 0) is 0 Å². The van der Waals surface area contributed by atoms with Crippen molar-refractivity contribution in [2.75, 3.05) is 37.6 Å². The van der Waals surface area contributed by atoms with E-state index in [-0.39, 0.29) is 17.9 Å². The van der Waals surface area contributed by atoms with E-state index in [9.17, 15) is 10.1 Å². The number of aromatic nitrogens is 4. The molecule has 0 radical (unpaired) electrons. The van der Waals surface area contributed by atoms with Gasteiger partial charge in [0.15, 0.2) is 5.65 Å². The van der Waals surface area contributed by atoms with Gasteiger partial charge in [-0.05, 0) is 49.7 Å². The van der Waals surface area contributed by atoms with Gasteiger partial charge in [-0.1, -0.05) is 19.9 Å². The molecule has 1 fully saturated rings. The standard InChI is InChI=1S/C27H30N8OS/c1-4-33(5-2)18(3)14-29-27(36)20-11-23(31-25(12-20)34-16-19(13-28)17-34)21-15-30-35-9-8-22(32-26(21)35)24-7-6-10-37-24/h6-12,15,18-19H,4-5,14,16-17H2,1-3H3,(H,29,36)/t18-/m0/s1. The predicted molar refractivity (Wildman–Crippen MR) is 146 cm³/mol. The molecule has 1 atom stereocenters. The lowest BCUT2D eigenvalue weighted by Crippen LogP contribution is -2.46. The lowest BCUT2D eigenvalue weighted by Gasteiger charge is -2.36. The van der Waals surface area contributed by atoms with E-state index in [1.54, 1.807) is 28.1 Å². The van der Waals surface area contributed by atoms with Gasteiger partial charge in [-0.3, -0.25) is 9.69 Å². The van der Waals surface area contributed by atoms with Gasteiger partial charge in [0.25, 0.3) is 5.91 Å². The lowest BCUT2D eigenvalue weighted by molar-refractivity contribution is 0.0938. The van der Waals surface area contributed by atoms with E-state index in [1.165, 1.54) is 0 Å². The van der Waals surface area contributed by atoms with E-state index >= 15 is 0 Å². The second kappa shape index (κ2) is 10.7. The molecule has 10 heteroatoms. The number of nitrogens with zero attached hydrogens (tertiary/aromatic N) is 7. The molecule has 4 aromatic heterocycles. The summed E-state index contributed by atoms with van der Waals surface area (Å²) in [6.07, 6.45) is 3.63. The predicted octanol–water partition coefficient (Wildman–Crippen LogP) is 3.94. The highest BCUT2D eigenvalue weighted by Gasteiger charge is 2.29. The number of likely N-dealkylation sites (N-methyl/N-ethyl adjacent to an activating group) is 1. The summed E-state index contributed by atoms with van der Waals surface area (Å²) in [6.45, 7) is 9.98. The van der Waals surface area contributed by atoms with Crippen LogP contribution in [0.5, 0.6) is 0 Å². The van der Waals surface area contributed by atoms with Gasteiger partial charge < -0.3 is 10.2 Å². The first-order valence-corrected chi connectivity index (χ1v) is 13.5. The third-order valence-corrected chi connectivity index (χ3v) is 7.77. The first-order valence-electron chi connectivity index (χ1n) is 12.6. The number of hydrogen-bond donors (Lipinski definition) is 1. The Morgan fingerprint density at radius 2 is 2.05 bits per heavy atom. The molecule has 5 rings (SSSR count). The number of thiophene rings is 1. The quantitative estimate of drug-likeness (QED) is 0.361. The summed E-state index contributed by atoms with van der Waals surface area (Å²) in [5.74, 6) is 0.509. The first kappa shape index (κ1) is 24.9. The fourth-order valence-corrected chi connectivity index (χ4v) is 5.32. The molecule has 0 spiro atoms. The molecule has 190 valence electrons. The van der Waals surface area contributed by atoms with Crippen LogP contribution in [0.4, 0.5) is 5.82 Å². The fraction of sp³-hybridized carbons (Fsp3) is 0.370. The van der Waals surface area contributed by atoms with Crippen LogP contribution in [0.15, 0.2) is 48.1 Å². The van der Waals surface area contributed by atoms with Crippen LogP contribution in [0.25, 0.3) is 27.5 Å². The maximum absolute atomic E-state index is 13.3. The molecule has 1 amide bonds. The largest absolute Gasteiger partial charge is 0.354 e. The normalized spacial score (nSPS) is 14.5. The van der Waals surface area contributed by atoms with Crippen molar-refractivity contribution in [3.63, 3.8) is 0 Å². The van der Waals surface area contributed by atoms with Crippen molar-refractivity contribution in [1.29, 1.82) is 5.26 Å². The van der Waals surface area contributed by atoms with Crippen molar-refractivity contribution in [3.05, 3.63) is 53.7 Å². The highest BCUT2D eigenvalue weighted by molar-refractivity contribution is 7.13. The number of pyridine rings is 1. The van der Waals surface area contributed by atoms with Gasteiger partial charge in [0, 0.05) is 37.4 Å². The van der Waals surface area contributed by atoms with Gasteiger partial charge in [-0.2, -0.15) is 10.4 Å². The Bertz CT molecular complexity index is 1430.